The Morgan fingerprint density at radius 2 is 1.80 bits per heavy atom. The molecule has 3 aromatic carbocycles. The molecule has 6 heteroatoms. The highest BCUT2D eigenvalue weighted by atomic mass is 16.5. The number of para-hydroxylation sites is 1. The predicted octanol–water partition coefficient (Wildman–Crippen LogP) is 5.99. The second kappa shape index (κ2) is 10.1. The van der Waals surface area contributed by atoms with Crippen LogP contribution in [0.5, 0.6) is 5.75 Å². The summed E-state index contributed by atoms with van der Waals surface area (Å²) in [5.41, 5.74) is 3.58. The molecule has 4 atom stereocenters. The maximum Gasteiger partial charge on any atom is 0.238 e. The van der Waals surface area contributed by atoms with Crippen LogP contribution in [-0.2, 0) is 21.4 Å². The number of hydrogen-bond acceptors (Lipinski definition) is 5. The first-order valence-corrected chi connectivity index (χ1v) is 14.1. The Morgan fingerprint density at radius 1 is 1.02 bits per heavy atom. The lowest BCUT2D eigenvalue weighted by Gasteiger charge is -2.37. The first kappa shape index (κ1) is 26.1. The van der Waals surface area contributed by atoms with Crippen LogP contribution >= 0.6 is 0 Å². The fourth-order valence-electron chi connectivity index (χ4n) is 7.03. The van der Waals surface area contributed by atoms with Crippen molar-refractivity contribution >= 4 is 34.9 Å². The maximum atomic E-state index is 14.6. The molecule has 4 unspecified atom stereocenters. The Bertz CT molecular complexity index is 1530. The van der Waals surface area contributed by atoms with Crippen LogP contribution in [0.4, 0.5) is 11.4 Å². The predicted molar refractivity (Wildman–Crippen MR) is 157 cm³/mol. The summed E-state index contributed by atoms with van der Waals surface area (Å²) >= 11 is 0. The number of benzene rings is 3. The summed E-state index contributed by atoms with van der Waals surface area (Å²) in [7, 11) is 1.61. The van der Waals surface area contributed by atoms with E-state index in [0.717, 1.165) is 42.5 Å². The number of anilines is 2. The quantitative estimate of drug-likeness (QED) is 0.284. The molecule has 1 spiro atoms. The minimum atomic E-state index is -1.27. The third-order valence-electron chi connectivity index (χ3n) is 8.85. The van der Waals surface area contributed by atoms with Crippen LogP contribution in [0, 0.1) is 5.92 Å². The molecule has 3 aliphatic heterocycles. The largest absolute Gasteiger partial charge is 0.497 e. The van der Waals surface area contributed by atoms with E-state index in [4.69, 9.17) is 4.74 Å². The van der Waals surface area contributed by atoms with Gasteiger partial charge >= 0.3 is 0 Å². The molecule has 3 aliphatic rings. The number of rotatable bonds is 8. The van der Waals surface area contributed by atoms with E-state index in [0.29, 0.717) is 17.0 Å². The zero-order valence-electron chi connectivity index (χ0n) is 23.1. The van der Waals surface area contributed by atoms with E-state index in [-0.39, 0.29) is 17.5 Å². The van der Waals surface area contributed by atoms with E-state index in [9.17, 15) is 14.4 Å². The molecule has 0 aromatic heterocycles. The van der Waals surface area contributed by atoms with Gasteiger partial charge in [0.05, 0.1) is 25.1 Å². The van der Waals surface area contributed by atoms with Gasteiger partial charge in [0.15, 0.2) is 11.6 Å². The number of ketones is 2. The number of unbranched alkanes of at least 4 members (excludes halogenated alkanes) is 2. The SMILES string of the molecule is CCCCCc1ccc(C(=O)C2C(C(C)=O)N3c4ccc(OC)cc4C=CC3C23C(=O)Nc2ccccc23)cc1. The zero-order valence-corrected chi connectivity index (χ0v) is 23.1. The Hall–Kier alpha value is -4.19. The van der Waals surface area contributed by atoms with Crippen molar-refractivity contribution in [3.8, 4) is 5.75 Å². The summed E-state index contributed by atoms with van der Waals surface area (Å²) in [6, 6.07) is 19.6. The van der Waals surface area contributed by atoms with Gasteiger partial charge in [-0.15, -0.1) is 0 Å². The number of nitrogens with one attached hydrogen (secondary N) is 1. The minimum absolute atomic E-state index is 0.148. The van der Waals surface area contributed by atoms with Gasteiger partial charge in [0.2, 0.25) is 5.91 Å². The van der Waals surface area contributed by atoms with Crippen LogP contribution < -0.4 is 15.0 Å². The maximum absolute atomic E-state index is 14.6. The van der Waals surface area contributed by atoms with Crippen LogP contribution in [-0.4, -0.2) is 36.7 Å². The topological polar surface area (TPSA) is 75.7 Å². The van der Waals surface area contributed by atoms with Gasteiger partial charge in [-0.1, -0.05) is 74.4 Å². The smallest absolute Gasteiger partial charge is 0.238 e. The van der Waals surface area contributed by atoms with E-state index in [1.165, 1.54) is 12.5 Å². The first-order chi connectivity index (χ1) is 19.4. The Balaban J connectivity index is 1.52. The molecule has 0 aliphatic carbocycles. The van der Waals surface area contributed by atoms with Crippen LogP contribution in [0.3, 0.4) is 0 Å². The van der Waals surface area contributed by atoms with Crippen LogP contribution in [0.1, 0.15) is 60.2 Å². The molecule has 1 amide bonds. The van der Waals surface area contributed by atoms with Crippen LogP contribution in [0.15, 0.2) is 72.8 Å². The van der Waals surface area contributed by atoms with E-state index in [1.807, 2.05) is 83.8 Å². The first-order valence-electron chi connectivity index (χ1n) is 14.1. The van der Waals surface area contributed by atoms with Crippen molar-refractivity contribution in [2.45, 2.75) is 57.0 Å². The Kier molecular flexibility index (Phi) is 6.57. The molecule has 1 N–H and O–H groups in total. The van der Waals surface area contributed by atoms with E-state index in [1.54, 1.807) is 7.11 Å². The number of carbonyl (C=O) groups is 3. The molecule has 1 saturated heterocycles. The highest BCUT2D eigenvalue weighted by Gasteiger charge is 2.69. The second-order valence-electron chi connectivity index (χ2n) is 11.1. The summed E-state index contributed by atoms with van der Waals surface area (Å²) in [4.78, 5) is 44.4. The fourth-order valence-corrected chi connectivity index (χ4v) is 7.03. The Labute approximate surface area is 235 Å². The number of methoxy groups -OCH3 is 1. The van der Waals surface area contributed by atoms with Crippen molar-refractivity contribution in [3.63, 3.8) is 0 Å². The summed E-state index contributed by atoms with van der Waals surface area (Å²) in [6.07, 6.45) is 8.33. The third kappa shape index (κ3) is 3.80. The van der Waals surface area contributed by atoms with E-state index in [2.05, 4.69) is 12.2 Å². The monoisotopic (exact) mass is 534 g/mol. The highest BCUT2D eigenvalue weighted by Crippen LogP contribution is 2.57. The van der Waals surface area contributed by atoms with Gasteiger partial charge < -0.3 is 15.0 Å². The van der Waals surface area contributed by atoms with Crippen molar-refractivity contribution in [2.24, 2.45) is 5.92 Å². The molecule has 6 nitrogen and oxygen atoms in total. The molecule has 40 heavy (non-hydrogen) atoms. The molecule has 204 valence electrons. The van der Waals surface area contributed by atoms with Gasteiger partial charge in [-0.05, 0) is 55.2 Å². The third-order valence-corrected chi connectivity index (χ3v) is 8.85. The molecule has 6 rings (SSSR count). The molecule has 3 heterocycles. The van der Waals surface area contributed by atoms with E-state index >= 15 is 0 Å². The molecule has 0 saturated carbocycles. The van der Waals surface area contributed by atoms with Crippen molar-refractivity contribution in [1.82, 2.24) is 0 Å². The van der Waals surface area contributed by atoms with Crippen LogP contribution in [0.25, 0.3) is 6.08 Å². The number of hydrogen-bond donors (Lipinski definition) is 1. The Morgan fingerprint density at radius 3 is 2.52 bits per heavy atom. The number of Topliss-reactive ketones (excluding diaryl/α,β-unsaturated/α-hetero) is 2. The van der Waals surface area contributed by atoms with E-state index < -0.39 is 23.4 Å². The lowest BCUT2D eigenvalue weighted by Crippen LogP contribution is -2.51. The van der Waals surface area contributed by atoms with Crippen molar-refractivity contribution in [2.75, 3.05) is 17.3 Å². The summed E-state index contributed by atoms with van der Waals surface area (Å²) in [5.74, 6) is -0.799. The molecule has 3 aromatic rings. The molecular weight excluding hydrogens is 500 g/mol. The highest BCUT2D eigenvalue weighted by molar-refractivity contribution is 6.16. The standard InChI is InChI=1S/C34H34N2O4/c1-4-5-6-9-22-12-14-23(15-13-22)32(38)30-31(21(2)37)36-28-18-17-25(40-3)20-24(28)16-19-29(36)34(30)26-10-7-8-11-27(26)35-33(34)39/h7-8,10-20,29-31H,4-6,9H2,1-3H3,(H,35,39). The zero-order chi connectivity index (χ0) is 28.0. The molecule has 0 radical (unpaired) electrons. The van der Waals surface area contributed by atoms with Gasteiger partial charge in [0.25, 0.3) is 0 Å². The summed E-state index contributed by atoms with van der Waals surface area (Å²) in [5, 5.41) is 3.06. The van der Waals surface area contributed by atoms with Gasteiger partial charge in [0, 0.05) is 22.5 Å². The fraction of sp³-hybridized carbons (Fsp3) is 0.324. The van der Waals surface area contributed by atoms with Crippen LogP contribution in [0.2, 0.25) is 0 Å². The number of carbonyl (C=O) groups excluding carboxylic acids is 3. The number of amides is 1. The molecule has 0 bridgehead atoms. The minimum Gasteiger partial charge on any atom is -0.497 e. The number of nitrogens with zero attached hydrogens (tertiary/aromatic N) is 1. The summed E-state index contributed by atoms with van der Waals surface area (Å²) < 4.78 is 5.44. The molecule has 1 fully saturated rings. The average molecular weight is 535 g/mol. The van der Waals surface area contributed by atoms with Gasteiger partial charge in [-0.3, -0.25) is 14.4 Å². The molecular formula is C34H34N2O4. The van der Waals surface area contributed by atoms with Crippen molar-refractivity contribution in [3.05, 3.63) is 95.1 Å². The summed E-state index contributed by atoms with van der Waals surface area (Å²) in [6.45, 7) is 3.71. The second-order valence-corrected chi connectivity index (χ2v) is 11.1. The number of ether oxygens (including phenoxy) is 1. The average Bonchev–Trinajstić information content (AvgIpc) is 3.45. The van der Waals surface area contributed by atoms with Crippen molar-refractivity contribution < 1.29 is 19.1 Å². The van der Waals surface area contributed by atoms with Gasteiger partial charge in [-0.2, -0.15) is 0 Å². The van der Waals surface area contributed by atoms with Crippen molar-refractivity contribution in [1.29, 1.82) is 0 Å². The lowest BCUT2D eigenvalue weighted by molar-refractivity contribution is -0.122. The normalized spacial score (nSPS) is 23.9. The van der Waals surface area contributed by atoms with Gasteiger partial charge in [-0.25, -0.2) is 0 Å². The van der Waals surface area contributed by atoms with Gasteiger partial charge in [0.1, 0.15) is 11.2 Å². The number of aryl methyl sites for hydroxylation is 1. The number of fused-ring (bicyclic) bond motifs is 6. The lowest BCUT2D eigenvalue weighted by atomic mass is 9.64.